The number of likely N-dealkylation sites (N-methyl/N-ethyl adjacent to an activating group) is 1. The fourth-order valence-corrected chi connectivity index (χ4v) is 5.27. The number of aryl methyl sites for hydroxylation is 1. The molecule has 1 fully saturated rings. The Bertz CT molecular complexity index is 1140. The number of carbonyl (C=O) groups is 3. The van der Waals surface area contributed by atoms with E-state index in [0.717, 1.165) is 29.5 Å². The molecule has 0 radical (unpaired) electrons. The molecule has 176 valence electrons. The van der Waals surface area contributed by atoms with Gasteiger partial charge in [-0.25, -0.2) is 4.79 Å². The van der Waals surface area contributed by atoms with Gasteiger partial charge in [0.05, 0.1) is 23.9 Å². The molecule has 34 heavy (non-hydrogen) atoms. The molecule has 0 bridgehead atoms. The van der Waals surface area contributed by atoms with Crippen LogP contribution in [0.15, 0.2) is 65.9 Å². The van der Waals surface area contributed by atoms with Crippen molar-refractivity contribution in [1.82, 2.24) is 20.0 Å². The Morgan fingerprint density at radius 1 is 1.03 bits per heavy atom. The monoisotopic (exact) mass is 458 g/mol. The Balaban J connectivity index is 1.56. The number of urea groups is 1. The summed E-state index contributed by atoms with van der Waals surface area (Å²) in [5.41, 5.74) is 4.01. The van der Waals surface area contributed by atoms with Crippen molar-refractivity contribution in [2.75, 3.05) is 26.2 Å². The molecule has 3 aliphatic rings. The van der Waals surface area contributed by atoms with E-state index in [4.69, 9.17) is 0 Å². The van der Waals surface area contributed by atoms with Crippen molar-refractivity contribution in [2.24, 2.45) is 0 Å². The number of rotatable bonds is 5. The van der Waals surface area contributed by atoms with E-state index in [0.29, 0.717) is 30.9 Å². The first kappa shape index (κ1) is 22.2. The molecule has 2 unspecified atom stereocenters. The molecular weight excluding hydrogens is 428 g/mol. The molecule has 4 amide bonds. The van der Waals surface area contributed by atoms with E-state index in [2.05, 4.69) is 5.32 Å². The number of hydrogen-bond acceptors (Lipinski definition) is 3. The molecule has 2 aromatic carbocycles. The maximum absolute atomic E-state index is 14.0. The van der Waals surface area contributed by atoms with E-state index < -0.39 is 12.1 Å². The minimum Gasteiger partial charge on any atom is -0.341 e. The number of likely N-dealkylation sites (tertiary alicyclic amines) is 1. The normalized spacial score (nSPS) is 21.1. The summed E-state index contributed by atoms with van der Waals surface area (Å²) in [5, 5.41) is 3.02. The van der Waals surface area contributed by atoms with Crippen LogP contribution in [0.2, 0.25) is 0 Å². The summed E-state index contributed by atoms with van der Waals surface area (Å²) in [5.74, 6) is -0.244. The lowest BCUT2D eigenvalue weighted by molar-refractivity contribution is -0.142. The number of nitrogens with one attached hydrogen (secondary N) is 1. The van der Waals surface area contributed by atoms with Crippen LogP contribution >= 0.6 is 0 Å². The summed E-state index contributed by atoms with van der Waals surface area (Å²) in [4.78, 5) is 45.9. The van der Waals surface area contributed by atoms with Gasteiger partial charge >= 0.3 is 6.03 Å². The highest BCUT2D eigenvalue weighted by Gasteiger charge is 2.47. The largest absolute Gasteiger partial charge is 0.341 e. The molecule has 3 aliphatic heterocycles. The van der Waals surface area contributed by atoms with Crippen LogP contribution in [-0.2, 0) is 9.59 Å². The van der Waals surface area contributed by atoms with E-state index in [1.54, 1.807) is 9.80 Å². The summed E-state index contributed by atoms with van der Waals surface area (Å²) in [6.07, 6.45) is 1.96. The Morgan fingerprint density at radius 2 is 1.71 bits per heavy atom. The molecule has 0 spiro atoms. The summed E-state index contributed by atoms with van der Waals surface area (Å²) in [6, 6.07) is 15.9. The summed E-state index contributed by atoms with van der Waals surface area (Å²) in [6.45, 7) is 6.01. The molecule has 0 aliphatic carbocycles. The Morgan fingerprint density at radius 3 is 2.35 bits per heavy atom. The number of hydrogen-bond donors (Lipinski definition) is 1. The number of nitrogens with zero attached hydrogens (tertiary/aromatic N) is 3. The van der Waals surface area contributed by atoms with Crippen LogP contribution in [0.5, 0.6) is 0 Å². The van der Waals surface area contributed by atoms with E-state index in [-0.39, 0.29) is 24.4 Å². The van der Waals surface area contributed by atoms with Gasteiger partial charge in [-0.1, -0.05) is 60.2 Å². The summed E-state index contributed by atoms with van der Waals surface area (Å²) >= 11 is 0. The second-order valence-electron chi connectivity index (χ2n) is 9.18. The quantitative estimate of drug-likeness (QED) is 0.745. The minimum absolute atomic E-state index is 0.0499. The molecule has 3 heterocycles. The summed E-state index contributed by atoms with van der Waals surface area (Å²) in [7, 11) is 0. The minimum atomic E-state index is -0.718. The lowest BCUT2D eigenvalue weighted by atomic mass is 9.94. The predicted octanol–water partition coefficient (Wildman–Crippen LogP) is 3.54. The molecule has 2 aromatic rings. The van der Waals surface area contributed by atoms with Crippen LogP contribution in [0.1, 0.15) is 48.5 Å². The van der Waals surface area contributed by atoms with E-state index >= 15 is 0 Å². The van der Waals surface area contributed by atoms with Crippen molar-refractivity contribution in [2.45, 2.75) is 38.8 Å². The molecule has 7 heteroatoms. The SMILES string of the molecule is CCN1C(=O)NC(c2ccc(C)cc2)C2=C1CN(C(C(=O)N1CCCC1)c1ccccc1)C2=O. The average molecular weight is 459 g/mol. The highest BCUT2D eigenvalue weighted by Crippen LogP contribution is 2.40. The first-order valence-electron chi connectivity index (χ1n) is 12.0. The molecular formula is C27H30N4O3. The maximum atomic E-state index is 14.0. The van der Waals surface area contributed by atoms with E-state index in [1.807, 2.05) is 73.3 Å². The first-order valence-corrected chi connectivity index (χ1v) is 12.0. The van der Waals surface area contributed by atoms with Gasteiger partial charge in [0.25, 0.3) is 5.91 Å². The molecule has 5 rings (SSSR count). The fraction of sp³-hybridized carbons (Fsp3) is 0.370. The highest BCUT2D eigenvalue weighted by molar-refractivity contribution is 6.03. The van der Waals surface area contributed by atoms with Crippen molar-refractivity contribution in [1.29, 1.82) is 0 Å². The number of carbonyl (C=O) groups excluding carboxylic acids is 3. The van der Waals surface area contributed by atoms with Crippen molar-refractivity contribution in [3.8, 4) is 0 Å². The zero-order valence-corrected chi connectivity index (χ0v) is 19.7. The molecule has 0 saturated carbocycles. The second-order valence-corrected chi connectivity index (χ2v) is 9.18. The van der Waals surface area contributed by atoms with Gasteiger partial charge in [-0.2, -0.15) is 0 Å². The van der Waals surface area contributed by atoms with Crippen LogP contribution in [-0.4, -0.2) is 58.7 Å². The Kier molecular flexibility index (Phi) is 5.86. The van der Waals surface area contributed by atoms with Gasteiger partial charge in [-0.3, -0.25) is 14.5 Å². The second kappa shape index (κ2) is 8.97. The lowest BCUT2D eigenvalue weighted by Crippen LogP contribution is -2.47. The maximum Gasteiger partial charge on any atom is 0.322 e. The van der Waals surface area contributed by atoms with Crippen LogP contribution in [0, 0.1) is 6.92 Å². The number of benzene rings is 2. The Labute approximate surface area is 200 Å². The standard InChI is InChI=1S/C27H30N4O3/c1-3-30-21-17-31(24(20-9-5-4-6-10-20)26(33)29-15-7-8-16-29)25(32)22(21)23(28-27(30)34)19-13-11-18(2)12-14-19/h4-6,9-14,23-24H,3,7-8,15-17H2,1-2H3,(H,28,34). The fourth-order valence-electron chi connectivity index (χ4n) is 5.27. The van der Waals surface area contributed by atoms with E-state index in [9.17, 15) is 14.4 Å². The lowest BCUT2D eigenvalue weighted by Gasteiger charge is -2.33. The van der Waals surface area contributed by atoms with Crippen LogP contribution in [0.3, 0.4) is 0 Å². The zero-order valence-electron chi connectivity index (χ0n) is 19.7. The molecule has 1 saturated heterocycles. The van der Waals surface area contributed by atoms with Crippen molar-refractivity contribution in [3.63, 3.8) is 0 Å². The van der Waals surface area contributed by atoms with Crippen molar-refractivity contribution in [3.05, 3.63) is 82.6 Å². The average Bonchev–Trinajstić information content (AvgIpc) is 3.49. The predicted molar refractivity (Wildman–Crippen MR) is 129 cm³/mol. The van der Waals surface area contributed by atoms with Gasteiger partial charge in [0.15, 0.2) is 0 Å². The van der Waals surface area contributed by atoms with Crippen molar-refractivity contribution >= 4 is 17.8 Å². The van der Waals surface area contributed by atoms with Gasteiger partial charge in [0, 0.05) is 19.6 Å². The van der Waals surface area contributed by atoms with E-state index in [1.165, 1.54) is 0 Å². The molecule has 1 N–H and O–H groups in total. The topological polar surface area (TPSA) is 73.0 Å². The molecule has 7 nitrogen and oxygen atoms in total. The highest BCUT2D eigenvalue weighted by atomic mass is 16.2. The smallest absolute Gasteiger partial charge is 0.322 e. The van der Waals surface area contributed by atoms with Crippen LogP contribution in [0.25, 0.3) is 0 Å². The van der Waals surface area contributed by atoms with Gasteiger partial charge < -0.3 is 15.1 Å². The third kappa shape index (κ3) is 3.75. The molecule has 2 atom stereocenters. The third-order valence-corrected chi connectivity index (χ3v) is 7.06. The van der Waals surface area contributed by atoms with Gasteiger partial charge in [-0.15, -0.1) is 0 Å². The number of amides is 4. The molecule has 0 aromatic heterocycles. The van der Waals surface area contributed by atoms with Gasteiger partial charge in [0.2, 0.25) is 5.91 Å². The summed E-state index contributed by atoms with van der Waals surface area (Å²) < 4.78 is 0. The van der Waals surface area contributed by atoms with Crippen LogP contribution in [0.4, 0.5) is 4.79 Å². The zero-order chi connectivity index (χ0) is 23.8. The third-order valence-electron chi connectivity index (χ3n) is 7.06. The van der Waals surface area contributed by atoms with Crippen molar-refractivity contribution < 1.29 is 14.4 Å². The van der Waals surface area contributed by atoms with Gasteiger partial charge in [-0.05, 0) is 37.8 Å². The first-order chi connectivity index (χ1) is 16.5. The van der Waals surface area contributed by atoms with Crippen LogP contribution < -0.4 is 5.32 Å². The Hall–Kier alpha value is -3.61. The van der Waals surface area contributed by atoms with Gasteiger partial charge in [0.1, 0.15) is 6.04 Å².